The van der Waals surface area contributed by atoms with Crippen LogP contribution in [0.3, 0.4) is 0 Å². The molecule has 1 aliphatic heterocycles. The van der Waals surface area contributed by atoms with E-state index in [9.17, 15) is 4.79 Å². The number of aryl methyl sites for hydroxylation is 1. The average molecular weight is 361 g/mol. The maximum atomic E-state index is 12.7. The van der Waals surface area contributed by atoms with E-state index >= 15 is 0 Å². The van der Waals surface area contributed by atoms with Crippen LogP contribution in [0.4, 0.5) is 0 Å². The number of hydrogen-bond acceptors (Lipinski definition) is 4. The van der Waals surface area contributed by atoms with Crippen molar-refractivity contribution in [1.29, 1.82) is 0 Å². The van der Waals surface area contributed by atoms with E-state index in [0.717, 1.165) is 30.4 Å². The minimum Gasteiger partial charge on any atom is -0.339 e. The van der Waals surface area contributed by atoms with E-state index in [1.54, 1.807) is 0 Å². The number of amides is 1. The molecule has 138 valence electrons. The lowest BCUT2D eigenvalue weighted by Gasteiger charge is -2.30. The standard InChI is InChI=1S/C22H23N3O2/c1-2-16-8-10-19(11-9-16)22(26)25-14-12-18(13-15-25)21-23-20(24-27-21)17-6-4-3-5-7-17/h3-11,18H,2,12-15H2,1H3. The zero-order chi connectivity index (χ0) is 18.6. The number of likely N-dealkylation sites (tertiary alicyclic amines) is 1. The van der Waals surface area contributed by atoms with Crippen molar-refractivity contribution in [3.05, 3.63) is 71.6 Å². The summed E-state index contributed by atoms with van der Waals surface area (Å²) in [5.74, 6) is 1.61. The molecule has 1 fully saturated rings. The Labute approximate surface area is 159 Å². The normalized spacial score (nSPS) is 15.1. The van der Waals surface area contributed by atoms with Gasteiger partial charge in [0.1, 0.15) is 0 Å². The zero-order valence-electron chi connectivity index (χ0n) is 15.5. The van der Waals surface area contributed by atoms with Gasteiger partial charge in [0.2, 0.25) is 11.7 Å². The summed E-state index contributed by atoms with van der Waals surface area (Å²) < 4.78 is 5.50. The maximum Gasteiger partial charge on any atom is 0.253 e. The van der Waals surface area contributed by atoms with Crippen LogP contribution in [0.1, 0.15) is 47.5 Å². The first kappa shape index (κ1) is 17.5. The third-order valence-electron chi connectivity index (χ3n) is 5.21. The first-order chi connectivity index (χ1) is 13.2. The summed E-state index contributed by atoms with van der Waals surface area (Å²) in [5.41, 5.74) is 2.96. The second kappa shape index (κ2) is 7.74. The summed E-state index contributed by atoms with van der Waals surface area (Å²) in [7, 11) is 0. The second-order valence-electron chi connectivity index (χ2n) is 6.94. The molecule has 5 heteroatoms. The van der Waals surface area contributed by atoms with Crippen molar-refractivity contribution in [2.24, 2.45) is 0 Å². The maximum absolute atomic E-state index is 12.7. The fraction of sp³-hybridized carbons (Fsp3) is 0.318. The van der Waals surface area contributed by atoms with Gasteiger partial charge in [-0.05, 0) is 37.0 Å². The number of carbonyl (C=O) groups is 1. The van der Waals surface area contributed by atoms with Gasteiger partial charge in [0.25, 0.3) is 5.91 Å². The summed E-state index contributed by atoms with van der Waals surface area (Å²) in [5, 5.41) is 4.11. The molecule has 1 saturated heterocycles. The van der Waals surface area contributed by atoms with Gasteiger partial charge >= 0.3 is 0 Å². The van der Waals surface area contributed by atoms with Gasteiger partial charge in [0.15, 0.2) is 0 Å². The fourth-order valence-corrected chi connectivity index (χ4v) is 3.50. The molecule has 0 unspecified atom stereocenters. The van der Waals surface area contributed by atoms with Crippen LogP contribution in [0, 0.1) is 0 Å². The predicted octanol–water partition coefficient (Wildman–Crippen LogP) is 4.32. The largest absolute Gasteiger partial charge is 0.339 e. The van der Waals surface area contributed by atoms with E-state index in [1.165, 1.54) is 5.56 Å². The lowest BCUT2D eigenvalue weighted by Crippen LogP contribution is -2.38. The highest BCUT2D eigenvalue weighted by Gasteiger charge is 2.28. The van der Waals surface area contributed by atoms with E-state index in [4.69, 9.17) is 4.52 Å². The first-order valence-corrected chi connectivity index (χ1v) is 9.52. The first-order valence-electron chi connectivity index (χ1n) is 9.52. The summed E-state index contributed by atoms with van der Waals surface area (Å²) in [4.78, 5) is 19.2. The molecule has 1 aliphatic rings. The summed E-state index contributed by atoms with van der Waals surface area (Å²) in [6.45, 7) is 3.53. The quantitative estimate of drug-likeness (QED) is 0.694. The van der Waals surface area contributed by atoms with Crippen LogP contribution >= 0.6 is 0 Å². The van der Waals surface area contributed by atoms with Gasteiger partial charge in [0, 0.05) is 30.1 Å². The van der Waals surface area contributed by atoms with Gasteiger partial charge in [-0.3, -0.25) is 4.79 Å². The summed E-state index contributed by atoms with van der Waals surface area (Å²) in [6, 6.07) is 17.7. The van der Waals surface area contributed by atoms with Crippen molar-refractivity contribution < 1.29 is 9.32 Å². The Morgan fingerprint density at radius 3 is 2.44 bits per heavy atom. The monoisotopic (exact) mass is 361 g/mol. The third-order valence-corrected chi connectivity index (χ3v) is 5.21. The Morgan fingerprint density at radius 1 is 1.07 bits per heavy atom. The van der Waals surface area contributed by atoms with E-state index in [-0.39, 0.29) is 11.8 Å². The molecule has 0 bridgehead atoms. The third kappa shape index (κ3) is 3.77. The number of carbonyl (C=O) groups excluding carboxylic acids is 1. The van der Waals surface area contributed by atoms with Crippen molar-refractivity contribution in [1.82, 2.24) is 15.0 Å². The molecule has 1 amide bonds. The van der Waals surface area contributed by atoms with Crippen molar-refractivity contribution >= 4 is 5.91 Å². The molecular weight excluding hydrogens is 338 g/mol. The SMILES string of the molecule is CCc1ccc(C(=O)N2CCC(c3nc(-c4ccccc4)no3)CC2)cc1. The number of piperidine rings is 1. The number of hydrogen-bond donors (Lipinski definition) is 0. The van der Waals surface area contributed by atoms with E-state index in [2.05, 4.69) is 17.1 Å². The van der Waals surface area contributed by atoms with Crippen molar-refractivity contribution in [2.45, 2.75) is 32.1 Å². The summed E-state index contributed by atoms with van der Waals surface area (Å²) in [6.07, 6.45) is 2.67. The molecule has 27 heavy (non-hydrogen) atoms. The highest BCUT2D eigenvalue weighted by Crippen LogP contribution is 2.29. The average Bonchev–Trinajstić information content (AvgIpc) is 3.24. The predicted molar refractivity (Wildman–Crippen MR) is 103 cm³/mol. The van der Waals surface area contributed by atoms with E-state index < -0.39 is 0 Å². The molecule has 0 saturated carbocycles. The van der Waals surface area contributed by atoms with Gasteiger partial charge in [-0.1, -0.05) is 54.5 Å². The molecule has 0 atom stereocenters. The van der Waals surface area contributed by atoms with Crippen LogP contribution in [0.2, 0.25) is 0 Å². The Bertz CT molecular complexity index is 895. The van der Waals surface area contributed by atoms with Gasteiger partial charge in [-0.2, -0.15) is 4.98 Å². The molecule has 2 heterocycles. The van der Waals surface area contributed by atoms with Crippen LogP contribution in [0.25, 0.3) is 11.4 Å². The number of rotatable bonds is 4. The molecule has 3 aromatic rings. The second-order valence-corrected chi connectivity index (χ2v) is 6.94. The molecule has 0 radical (unpaired) electrons. The molecule has 0 spiro atoms. The van der Waals surface area contributed by atoms with Crippen molar-refractivity contribution in [2.75, 3.05) is 13.1 Å². The molecule has 0 N–H and O–H groups in total. The van der Waals surface area contributed by atoms with Crippen LogP contribution in [0.5, 0.6) is 0 Å². The lowest BCUT2D eigenvalue weighted by atomic mass is 9.96. The lowest BCUT2D eigenvalue weighted by molar-refractivity contribution is 0.0704. The van der Waals surface area contributed by atoms with Crippen LogP contribution in [-0.2, 0) is 6.42 Å². The molecule has 2 aromatic carbocycles. The molecule has 1 aromatic heterocycles. The Hall–Kier alpha value is -2.95. The van der Waals surface area contributed by atoms with Gasteiger partial charge in [-0.15, -0.1) is 0 Å². The molecule has 5 nitrogen and oxygen atoms in total. The Kier molecular flexibility index (Phi) is 5.01. The highest BCUT2D eigenvalue weighted by molar-refractivity contribution is 5.94. The molecule has 4 rings (SSSR count). The van der Waals surface area contributed by atoms with Crippen LogP contribution < -0.4 is 0 Å². The van der Waals surface area contributed by atoms with Gasteiger partial charge < -0.3 is 9.42 Å². The number of aromatic nitrogens is 2. The van der Waals surface area contributed by atoms with Crippen LogP contribution in [-0.4, -0.2) is 34.0 Å². The van der Waals surface area contributed by atoms with Crippen molar-refractivity contribution in [3.8, 4) is 11.4 Å². The van der Waals surface area contributed by atoms with Crippen LogP contribution in [0.15, 0.2) is 59.1 Å². The van der Waals surface area contributed by atoms with E-state index in [0.29, 0.717) is 24.8 Å². The fourth-order valence-electron chi connectivity index (χ4n) is 3.50. The number of nitrogens with zero attached hydrogens (tertiary/aromatic N) is 3. The Balaban J connectivity index is 1.39. The minimum atomic E-state index is 0.103. The zero-order valence-corrected chi connectivity index (χ0v) is 15.5. The smallest absolute Gasteiger partial charge is 0.253 e. The molecule has 0 aliphatic carbocycles. The topological polar surface area (TPSA) is 59.2 Å². The number of benzene rings is 2. The summed E-state index contributed by atoms with van der Waals surface area (Å²) >= 11 is 0. The molecular formula is C22H23N3O2. The van der Waals surface area contributed by atoms with E-state index in [1.807, 2.05) is 59.5 Å². The minimum absolute atomic E-state index is 0.103. The Morgan fingerprint density at radius 2 is 1.78 bits per heavy atom. The van der Waals surface area contributed by atoms with Gasteiger partial charge in [-0.25, -0.2) is 0 Å². The highest BCUT2D eigenvalue weighted by atomic mass is 16.5. The van der Waals surface area contributed by atoms with Crippen molar-refractivity contribution in [3.63, 3.8) is 0 Å². The van der Waals surface area contributed by atoms with Gasteiger partial charge in [0.05, 0.1) is 0 Å².